The van der Waals surface area contributed by atoms with Gasteiger partial charge in [-0.15, -0.1) is 0 Å². The van der Waals surface area contributed by atoms with Crippen LogP contribution >= 0.6 is 0 Å². The van der Waals surface area contributed by atoms with Gasteiger partial charge in [0.2, 0.25) is 0 Å². The highest BCUT2D eigenvalue weighted by atomic mass is 19.1. The van der Waals surface area contributed by atoms with E-state index in [0.29, 0.717) is 18.1 Å². The Labute approximate surface area is 149 Å². The summed E-state index contributed by atoms with van der Waals surface area (Å²) in [4.78, 5) is 12.3. The molecule has 0 aromatic heterocycles. The number of esters is 1. The first-order valence-electron chi connectivity index (χ1n) is 9.18. The van der Waals surface area contributed by atoms with Gasteiger partial charge in [0.05, 0.1) is 5.92 Å². The molecule has 0 aliphatic heterocycles. The zero-order chi connectivity index (χ0) is 18.1. The number of aryl methyl sites for hydroxylation is 1. The number of carbonyl (C=O) groups excluding carboxylic acids is 1. The highest BCUT2D eigenvalue weighted by Crippen LogP contribution is 2.32. The van der Waals surface area contributed by atoms with Crippen LogP contribution in [0.25, 0.3) is 0 Å². The summed E-state index contributed by atoms with van der Waals surface area (Å²) in [5.41, 5.74) is 1.25. The van der Waals surface area contributed by atoms with Gasteiger partial charge in [0.25, 0.3) is 0 Å². The van der Waals surface area contributed by atoms with E-state index in [0.717, 1.165) is 44.9 Å². The van der Waals surface area contributed by atoms with Crippen molar-refractivity contribution in [3.05, 3.63) is 41.7 Å². The minimum atomic E-state index is -0.706. The van der Waals surface area contributed by atoms with Crippen molar-refractivity contribution in [3.63, 3.8) is 0 Å². The van der Waals surface area contributed by atoms with Crippen LogP contribution in [0.5, 0.6) is 5.75 Å². The molecule has 134 valence electrons. The van der Waals surface area contributed by atoms with E-state index < -0.39 is 5.83 Å². The first-order valence-corrected chi connectivity index (χ1v) is 9.18. The molecule has 3 nitrogen and oxygen atoms in total. The summed E-state index contributed by atoms with van der Waals surface area (Å²) < 4.78 is 18.3. The Hall–Kier alpha value is -2.15. The van der Waals surface area contributed by atoms with Gasteiger partial charge in [0, 0.05) is 0 Å². The second kappa shape index (κ2) is 9.98. The van der Waals surface area contributed by atoms with Gasteiger partial charge in [-0.2, -0.15) is 9.65 Å². The molecule has 0 radical (unpaired) electrons. The molecule has 0 amide bonds. The number of rotatable bonds is 7. The topological polar surface area (TPSA) is 50.1 Å². The first kappa shape index (κ1) is 19.2. The van der Waals surface area contributed by atoms with Crippen molar-refractivity contribution >= 4 is 5.97 Å². The number of nitrogens with zero attached hydrogens (tertiary/aromatic N) is 1. The van der Waals surface area contributed by atoms with Gasteiger partial charge < -0.3 is 4.74 Å². The van der Waals surface area contributed by atoms with Crippen LogP contribution in [0.15, 0.2) is 36.2 Å². The van der Waals surface area contributed by atoms with Crippen LogP contribution in [0.4, 0.5) is 4.39 Å². The summed E-state index contributed by atoms with van der Waals surface area (Å²) in [5.74, 6) is 0.224. The average Bonchev–Trinajstić information content (AvgIpc) is 2.64. The zero-order valence-electron chi connectivity index (χ0n) is 14.8. The maximum atomic E-state index is 12.8. The number of allylic oxidation sites excluding steroid dienone is 2. The van der Waals surface area contributed by atoms with Crippen LogP contribution in [-0.4, -0.2) is 5.97 Å². The number of halogens is 1. The second-order valence-corrected chi connectivity index (χ2v) is 6.77. The van der Waals surface area contributed by atoms with Crippen LogP contribution in [0.3, 0.4) is 0 Å². The molecule has 0 spiro atoms. The minimum Gasteiger partial charge on any atom is -0.426 e. The summed E-state index contributed by atoms with van der Waals surface area (Å²) in [6.07, 6.45) is 8.49. The second-order valence-electron chi connectivity index (χ2n) is 6.77. The fourth-order valence-corrected chi connectivity index (χ4v) is 3.39. The van der Waals surface area contributed by atoms with E-state index in [1.165, 1.54) is 17.7 Å². The Morgan fingerprint density at radius 2 is 1.96 bits per heavy atom. The summed E-state index contributed by atoms with van der Waals surface area (Å²) in [5, 5.41) is 8.39. The van der Waals surface area contributed by atoms with E-state index in [2.05, 4.69) is 6.92 Å². The molecule has 0 unspecified atom stereocenters. The molecule has 1 aliphatic rings. The van der Waals surface area contributed by atoms with Crippen LogP contribution in [0.2, 0.25) is 0 Å². The monoisotopic (exact) mass is 343 g/mol. The maximum absolute atomic E-state index is 12.8. The quantitative estimate of drug-likeness (QED) is 0.373. The molecule has 1 saturated carbocycles. The van der Waals surface area contributed by atoms with Gasteiger partial charge in [-0.3, -0.25) is 4.79 Å². The normalized spacial score (nSPS) is 20.8. The van der Waals surface area contributed by atoms with Crippen molar-refractivity contribution < 1.29 is 13.9 Å². The highest BCUT2D eigenvalue weighted by molar-refractivity contribution is 5.75. The number of benzene rings is 1. The van der Waals surface area contributed by atoms with E-state index in [1.54, 1.807) is 0 Å². The van der Waals surface area contributed by atoms with Gasteiger partial charge in [-0.05, 0) is 74.6 Å². The van der Waals surface area contributed by atoms with Crippen molar-refractivity contribution in [2.75, 3.05) is 0 Å². The molecule has 0 atom stereocenters. The molecule has 0 heterocycles. The minimum absolute atomic E-state index is 0.0436. The average molecular weight is 343 g/mol. The molecule has 1 aliphatic carbocycles. The summed E-state index contributed by atoms with van der Waals surface area (Å²) in [6.45, 7) is 2.14. The van der Waals surface area contributed by atoms with E-state index in [1.807, 2.05) is 24.3 Å². The summed E-state index contributed by atoms with van der Waals surface area (Å²) in [6, 6.07) is 9.24. The molecular weight excluding hydrogens is 317 g/mol. The first-order chi connectivity index (χ1) is 12.1. The molecule has 1 aromatic rings. The van der Waals surface area contributed by atoms with Crippen LogP contribution in [-0.2, 0) is 11.2 Å². The van der Waals surface area contributed by atoms with Crippen molar-refractivity contribution in [1.82, 2.24) is 0 Å². The van der Waals surface area contributed by atoms with Crippen molar-refractivity contribution in [3.8, 4) is 11.8 Å². The SMILES string of the molecule is CCCc1ccc(OC(=O)C2CCC(CCC=C(F)C#N)CC2)cc1. The van der Waals surface area contributed by atoms with Crippen LogP contribution in [0.1, 0.15) is 57.4 Å². The number of nitriles is 1. The molecule has 1 aromatic carbocycles. The lowest BCUT2D eigenvalue weighted by Gasteiger charge is -2.26. The van der Waals surface area contributed by atoms with E-state index in [9.17, 15) is 9.18 Å². The smallest absolute Gasteiger partial charge is 0.314 e. The van der Waals surface area contributed by atoms with Crippen molar-refractivity contribution in [2.45, 2.75) is 58.3 Å². The summed E-state index contributed by atoms with van der Waals surface area (Å²) in [7, 11) is 0. The van der Waals surface area contributed by atoms with Crippen molar-refractivity contribution in [1.29, 1.82) is 5.26 Å². The Kier molecular flexibility index (Phi) is 7.66. The molecule has 4 heteroatoms. The summed E-state index contributed by atoms with van der Waals surface area (Å²) >= 11 is 0. The van der Waals surface area contributed by atoms with Crippen LogP contribution < -0.4 is 4.74 Å². The number of ether oxygens (including phenoxy) is 1. The highest BCUT2D eigenvalue weighted by Gasteiger charge is 2.27. The van der Waals surface area contributed by atoms with Gasteiger partial charge in [0.15, 0.2) is 5.83 Å². The fraction of sp³-hybridized carbons (Fsp3) is 0.524. The standard InChI is InChI=1S/C21H26FNO2/c1-2-4-16-9-13-20(14-10-16)25-21(24)18-11-7-17(8-12-18)5-3-6-19(22)15-23/h6,9-10,13-14,17-18H,2-5,7-8,11-12H2,1H3. The van der Waals surface area contributed by atoms with Gasteiger partial charge >= 0.3 is 5.97 Å². The van der Waals surface area contributed by atoms with Gasteiger partial charge in [-0.1, -0.05) is 25.5 Å². The molecular formula is C21H26FNO2. The Bertz CT molecular complexity index is 622. The third-order valence-corrected chi connectivity index (χ3v) is 4.87. The van der Waals surface area contributed by atoms with E-state index >= 15 is 0 Å². The van der Waals surface area contributed by atoms with Crippen molar-refractivity contribution in [2.24, 2.45) is 11.8 Å². The Balaban J connectivity index is 1.74. The molecule has 0 N–H and O–H groups in total. The lowest BCUT2D eigenvalue weighted by molar-refractivity contribution is -0.140. The van der Waals surface area contributed by atoms with Crippen LogP contribution in [0, 0.1) is 23.2 Å². The number of hydrogen-bond donors (Lipinski definition) is 0. The zero-order valence-corrected chi connectivity index (χ0v) is 14.8. The molecule has 2 rings (SSSR count). The van der Waals surface area contributed by atoms with E-state index in [4.69, 9.17) is 10.00 Å². The molecule has 0 bridgehead atoms. The Morgan fingerprint density at radius 3 is 2.56 bits per heavy atom. The van der Waals surface area contributed by atoms with E-state index in [-0.39, 0.29) is 11.9 Å². The third-order valence-electron chi connectivity index (χ3n) is 4.87. The number of carbonyl (C=O) groups is 1. The predicted octanol–water partition coefficient (Wildman–Crippen LogP) is 5.51. The Morgan fingerprint density at radius 1 is 1.28 bits per heavy atom. The maximum Gasteiger partial charge on any atom is 0.314 e. The molecule has 1 fully saturated rings. The number of hydrogen-bond acceptors (Lipinski definition) is 3. The third kappa shape index (κ3) is 6.34. The predicted molar refractivity (Wildman–Crippen MR) is 95.6 cm³/mol. The van der Waals surface area contributed by atoms with Gasteiger partial charge in [-0.25, -0.2) is 0 Å². The molecule has 25 heavy (non-hydrogen) atoms. The van der Waals surface area contributed by atoms with Gasteiger partial charge in [0.1, 0.15) is 11.8 Å². The lowest BCUT2D eigenvalue weighted by atomic mass is 9.80. The molecule has 0 saturated heterocycles. The largest absolute Gasteiger partial charge is 0.426 e. The lowest BCUT2D eigenvalue weighted by Crippen LogP contribution is -2.25. The fourth-order valence-electron chi connectivity index (χ4n) is 3.39.